The van der Waals surface area contributed by atoms with Crippen LogP contribution in [0.4, 0.5) is 0 Å². The van der Waals surface area contributed by atoms with Crippen LogP contribution in [0.2, 0.25) is 10.0 Å². The number of hydrogen-bond acceptors (Lipinski definition) is 3. The first-order valence-corrected chi connectivity index (χ1v) is 9.57. The minimum absolute atomic E-state index is 0.308. The maximum atomic E-state index is 12.2. The first-order valence-electron chi connectivity index (χ1n) is 8.81. The average Bonchev–Trinajstić information content (AvgIpc) is 3.06. The van der Waals surface area contributed by atoms with Crippen molar-refractivity contribution in [3.63, 3.8) is 0 Å². The van der Waals surface area contributed by atoms with E-state index in [9.17, 15) is 9.59 Å². The van der Waals surface area contributed by atoms with Crippen LogP contribution in [-0.4, -0.2) is 18.0 Å². The summed E-state index contributed by atoms with van der Waals surface area (Å²) >= 11 is 12.0. The average molecular weight is 386 g/mol. The molecule has 1 N–H and O–H groups in total. The third-order valence-electron chi connectivity index (χ3n) is 4.70. The van der Waals surface area contributed by atoms with Gasteiger partial charge in [-0.3, -0.25) is 9.59 Å². The van der Waals surface area contributed by atoms with Gasteiger partial charge in [0.05, 0.1) is 6.04 Å². The van der Waals surface area contributed by atoms with Crippen molar-refractivity contribution in [2.45, 2.75) is 64.5 Å². The predicted octanol–water partition coefficient (Wildman–Crippen LogP) is 5.07. The molecule has 0 radical (unpaired) electrons. The summed E-state index contributed by atoms with van der Waals surface area (Å²) in [7, 11) is 0. The lowest BCUT2D eigenvalue weighted by Crippen LogP contribution is -2.37. The molecule has 0 saturated heterocycles. The van der Waals surface area contributed by atoms with Crippen molar-refractivity contribution >= 4 is 35.1 Å². The Balaban J connectivity index is 1.79. The van der Waals surface area contributed by atoms with Crippen molar-refractivity contribution in [1.82, 2.24) is 5.32 Å². The minimum atomic E-state index is -0.829. The maximum Gasteiger partial charge on any atom is 0.306 e. The molecule has 1 aromatic carbocycles. The SMILES string of the molecule is C[C@@H](OC(=O)CCC1CCCC1)C(=O)N[C@H](C)c1ccc(Cl)cc1Cl. The van der Waals surface area contributed by atoms with E-state index in [4.69, 9.17) is 27.9 Å². The molecule has 2 atom stereocenters. The van der Waals surface area contributed by atoms with E-state index in [1.807, 2.05) is 6.92 Å². The summed E-state index contributed by atoms with van der Waals surface area (Å²) in [5, 5.41) is 3.84. The van der Waals surface area contributed by atoms with Gasteiger partial charge in [-0.05, 0) is 43.9 Å². The second-order valence-electron chi connectivity index (χ2n) is 6.72. The van der Waals surface area contributed by atoms with Crippen LogP contribution < -0.4 is 5.32 Å². The fourth-order valence-corrected chi connectivity index (χ4v) is 3.76. The van der Waals surface area contributed by atoms with E-state index in [0.717, 1.165) is 12.0 Å². The molecule has 138 valence electrons. The first-order chi connectivity index (χ1) is 11.9. The molecule has 0 aliphatic heterocycles. The minimum Gasteiger partial charge on any atom is -0.453 e. The van der Waals surface area contributed by atoms with Gasteiger partial charge in [0.1, 0.15) is 0 Å². The van der Waals surface area contributed by atoms with E-state index in [0.29, 0.717) is 22.4 Å². The van der Waals surface area contributed by atoms with E-state index in [1.165, 1.54) is 25.7 Å². The first kappa shape index (κ1) is 20.1. The Hall–Kier alpha value is -1.26. The van der Waals surface area contributed by atoms with Gasteiger partial charge in [-0.15, -0.1) is 0 Å². The Labute approximate surface area is 159 Å². The topological polar surface area (TPSA) is 55.4 Å². The molecule has 4 nitrogen and oxygen atoms in total. The number of carbonyl (C=O) groups excluding carboxylic acids is 2. The van der Waals surface area contributed by atoms with Gasteiger partial charge in [0.15, 0.2) is 6.10 Å². The van der Waals surface area contributed by atoms with E-state index in [-0.39, 0.29) is 17.9 Å². The highest BCUT2D eigenvalue weighted by molar-refractivity contribution is 6.35. The summed E-state index contributed by atoms with van der Waals surface area (Å²) in [5.41, 5.74) is 0.763. The van der Waals surface area contributed by atoms with Crippen LogP contribution in [0.15, 0.2) is 18.2 Å². The highest BCUT2D eigenvalue weighted by Gasteiger charge is 2.22. The molecular formula is C19H25Cl2NO3. The Morgan fingerprint density at radius 3 is 2.56 bits per heavy atom. The second-order valence-corrected chi connectivity index (χ2v) is 7.56. The van der Waals surface area contributed by atoms with Gasteiger partial charge in [0, 0.05) is 16.5 Å². The van der Waals surface area contributed by atoms with Crippen molar-refractivity contribution < 1.29 is 14.3 Å². The van der Waals surface area contributed by atoms with Crippen molar-refractivity contribution in [3.8, 4) is 0 Å². The van der Waals surface area contributed by atoms with Crippen LogP contribution in [0.5, 0.6) is 0 Å². The smallest absolute Gasteiger partial charge is 0.306 e. The number of rotatable bonds is 7. The van der Waals surface area contributed by atoms with Gasteiger partial charge < -0.3 is 10.1 Å². The van der Waals surface area contributed by atoms with E-state index in [2.05, 4.69) is 5.32 Å². The van der Waals surface area contributed by atoms with Crippen LogP contribution in [0.3, 0.4) is 0 Å². The molecule has 1 aromatic rings. The zero-order valence-corrected chi connectivity index (χ0v) is 16.2. The van der Waals surface area contributed by atoms with Gasteiger partial charge >= 0.3 is 5.97 Å². The number of nitrogens with one attached hydrogen (secondary N) is 1. The second kappa shape index (κ2) is 9.44. The van der Waals surface area contributed by atoms with Crippen LogP contribution in [0.25, 0.3) is 0 Å². The molecule has 0 heterocycles. The van der Waals surface area contributed by atoms with Crippen LogP contribution >= 0.6 is 23.2 Å². The highest BCUT2D eigenvalue weighted by Crippen LogP contribution is 2.29. The Morgan fingerprint density at radius 1 is 1.24 bits per heavy atom. The van der Waals surface area contributed by atoms with Gasteiger partial charge in [-0.2, -0.15) is 0 Å². The third-order valence-corrected chi connectivity index (χ3v) is 5.26. The highest BCUT2D eigenvalue weighted by atomic mass is 35.5. The number of hydrogen-bond donors (Lipinski definition) is 1. The molecule has 6 heteroatoms. The standard InChI is InChI=1S/C19H25Cl2NO3/c1-12(16-9-8-15(20)11-17(16)21)22-19(24)13(2)25-18(23)10-7-14-5-3-4-6-14/h8-9,11-14H,3-7,10H2,1-2H3,(H,22,24)/t12-,13-/m1/s1. The Bertz CT molecular complexity index is 615. The molecule has 1 aliphatic rings. The molecule has 1 amide bonds. The van der Waals surface area contributed by atoms with Crippen molar-refractivity contribution in [3.05, 3.63) is 33.8 Å². The van der Waals surface area contributed by atoms with Crippen LogP contribution in [0, 0.1) is 5.92 Å². The van der Waals surface area contributed by atoms with Crippen molar-refractivity contribution in [1.29, 1.82) is 0 Å². The zero-order valence-electron chi connectivity index (χ0n) is 14.7. The monoisotopic (exact) mass is 385 g/mol. The number of ether oxygens (including phenoxy) is 1. The lowest BCUT2D eigenvalue weighted by atomic mass is 10.0. The number of amides is 1. The number of halogens is 2. The quantitative estimate of drug-likeness (QED) is 0.666. The number of benzene rings is 1. The molecule has 1 fully saturated rings. The summed E-state index contributed by atoms with van der Waals surface area (Å²) in [6.45, 7) is 3.40. The Morgan fingerprint density at radius 2 is 1.92 bits per heavy atom. The lowest BCUT2D eigenvalue weighted by molar-refractivity contribution is -0.155. The molecule has 0 spiro atoms. The normalized spacial score (nSPS) is 17.1. The third kappa shape index (κ3) is 6.19. The van der Waals surface area contributed by atoms with E-state index >= 15 is 0 Å². The van der Waals surface area contributed by atoms with E-state index < -0.39 is 6.10 Å². The molecule has 0 unspecified atom stereocenters. The maximum absolute atomic E-state index is 12.2. The zero-order chi connectivity index (χ0) is 18.4. The summed E-state index contributed by atoms with van der Waals surface area (Å²) in [6, 6.07) is 4.82. The number of carbonyl (C=O) groups is 2. The van der Waals surface area contributed by atoms with Crippen molar-refractivity contribution in [2.24, 2.45) is 5.92 Å². The molecule has 2 rings (SSSR count). The lowest BCUT2D eigenvalue weighted by Gasteiger charge is -2.19. The molecular weight excluding hydrogens is 361 g/mol. The van der Waals surface area contributed by atoms with Gasteiger partial charge in [0.25, 0.3) is 5.91 Å². The molecule has 0 aromatic heterocycles. The molecule has 0 bridgehead atoms. The molecule has 1 saturated carbocycles. The van der Waals surface area contributed by atoms with Gasteiger partial charge in [0.2, 0.25) is 0 Å². The van der Waals surface area contributed by atoms with Crippen LogP contribution in [-0.2, 0) is 14.3 Å². The Kier molecular flexibility index (Phi) is 7.57. The van der Waals surface area contributed by atoms with Crippen LogP contribution in [0.1, 0.15) is 64.0 Å². The summed E-state index contributed by atoms with van der Waals surface area (Å²) in [5.74, 6) is -0.0248. The summed E-state index contributed by atoms with van der Waals surface area (Å²) in [6.07, 6.45) is 5.30. The predicted molar refractivity (Wildman–Crippen MR) is 99.8 cm³/mol. The van der Waals surface area contributed by atoms with Crippen molar-refractivity contribution in [2.75, 3.05) is 0 Å². The van der Waals surface area contributed by atoms with Gasteiger partial charge in [-0.1, -0.05) is 55.0 Å². The molecule has 1 aliphatic carbocycles. The largest absolute Gasteiger partial charge is 0.453 e. The summed E-state index contributed by atoms with van der Waals surface area (Å²) < 4.78 is 5.25. The fourth-order valence-electron chi connectivity index (χ4n) is 3.19. The van der Waals surface area contributed by atoms with E-state index in [1.54, 1.807) is 25.1 Å². The fraction of sp³-hybridized carbons (Fsp3) is 0.579. The summed E-state index contributed by atoms with van der Waals surface area (Å²) in [4.78, 5) is 24.2. The molecule has 25 heavy (non-hydrogen) atoms. The number of esters is 1. The van der Waals surface area contributed by atoms with Gasteiger partial charge in [-0.25, -0.2) is 0 Å².